The van der Waals surface area contributed by atoms with Crippen molar-refractivity contribution in [2.75, 3.05) is 101 Å². The topological polar surface area (TPSA) is 184 Å². The van der Waals surface area contributed by atoms with E-state index >= 15 is 0 Å². The largest absolute Gasteiger partial charge is 0.501 e. The van der Waals surface area contributed by atoms with Crippen LogP contribution >= 0.6 is 31.0 Å². The number of benzene rings is 4. The summed E-state index contributed by atoms with van der Waals surface area (Å²) in [5.41, 5.74) is -2.05. The van der Waals surface area contributed by atoms with E-state index in [2.05, 4.69) is 46.0 Å². The summed E-state index contributed by atoms with van der Waals surface area (Å²) in [7, 11) is -14.8. The number of hydrogen-bond acceptors (Lipinski definition) is 16. The number of hydrogen-bond donors (Lipinski definition) is 2. The molecule has 438 valence electrons. The molecule has 0 radical (unpaired) electrons. The van der Waals surface area contributed by atoms with Gasteiger partial charge in [0, 0.05) is 98.4 Å². The number of sulfonamides is 1. The van der Waals surface area contributed by atoms with Crippen LogP contribution < -0.4 is 14.9 Å². The molecule has 3 aliphatic rings. The zero-order valence-corrected chi connectivity index (χ0v) is 50.2. The third-order valence-electron chi connectivity index (χ3n) is 14.3. The number of esters is 1. The Morgan fingerprint density at radius 2 is 1.46 bits per heavy atom. The highest BCUT2D eigenvalue weighted by atomic mass is 35.5. The molecule has 4 aromatic carbocycles. The molecule has 2 atom stereocenters. The number of thioether (sulfide) groups is 1. The van der Waals surface area contributed by atoms with Crippen molar-refractivity contribution in [3.8, 4) is 0 Å². The molecule has 0 saturated carbocycles. The second-order valence-corrected chi connectivity index (χ2v) is 29.2. The van der Waals surface area contributed by atoms with E-state index in [1.807, 2.05) is 52.1 Å². The number of piperazine rings is 2. The maximum Gasteiger partial charge on any atom is 0.501 e. The van der Waals surface area contributed by atoms with Crippen molar-refractivity contribution in [2.24, 2.45) is 10.8 Å². The summed E-state index contributed by atoms with van der Waals surface area (Å²) in [6.07, 6.45) is 3.37. The monoisotopic (exact) mass is 1210 g/mol. The minimum Gasteiger partial charge on any atom is -0.438 e. The predicted molar refractivity (Wildman–Crippen MR) is 308 cm³/mol. The number of rotatable bonds is 23. The van der Waals surface area contributed by atoms with Gasteiger partial charge in [0.25, 0.3) is 25.8 Å². The third kappa shape index (κ3) is 17.3. The lowest BCUT2D eigenvalue weighted by Gasteiger charge is -2.39. The Kier molecular flexibility index (Phi) is 21.2. The number of halogens is 4. The molecule has 0 aromatic heterocycles. The van der Waals surface area contributed by atoms with E-state index in [1.54, 1.807) is 39.8 Å². The quantitative estimate of drug-likeness (QED) is 0.0309. The number of alkyl halides is 3. The first kappa shape index (κ1) is 63.1. The van der Waals surface area contributed by atoms with E-state index < -0.39 is 78.6 Å². The summed E-state index contributed by atoms with van der Waals surface area (Å²) in [6.45, 7) is 17.1. The minimum atomic E-state index is -6.15. The van der Waals surface area contributed by atoms with Crippen molar-refractivity contribution < 1.29 is 57.9 Å². The Labute approximate surface area is 478 Å². The number of anilines is 2. The van der Waals surface area contributed by atoms with Gasteiger partial charge in [0.15, 0.2) is 0 Å². The second-order valence-electron chi connectivity index (χ2n) is 22.1. The minimum absolute atomic E-state index is 0.0328. The first-order chi connectivity index (χ1) is 37.6. The maximum atomic E-state index is 14.4. The van der Waals surface area contributed by atoms with Crippen LogP contribution in [0.4, 0.5) is 24.5 Å². The normalized spacial score (nSPS) is 18.4. The van der Waals surface area contributed by atoms with Gasteiger partial charge >= 0.3 is 19.1 Å². The number of amides is 1. The van der Waals surface area contributed by atoms with Gasteiger partial charge in [-0.3, -0.25) is 28.5 Å². The van der Waals surface area contributed by atoms with Crippen LogP contribution in [-0.2, 0) is 43.0 Å². The third-order valence-corrected chi connectivity index (χ3v) is 20.5. The summed E-state index contributed by atoms with van der Waals surface area (Å²) < 4.78 is 129. The Balaban J connectivity index is 0.992. The molecule has 2 aliphatic heterocycles. The molecule has 1 aliphatic carbocycles. The van der Waals surface area contributed by atoms with E-state index in [0.29, 0.717) is 63.3 Å². The fourth-order valence-electron chi connectivity index (χ4n) is 9.76. The molecule has 0 spiro atoms. The number of carbonyl (C=O) groups is 2. The van der Waals surface area contributed by atoms with Gasteiger partial charge in [0.1, 0.15) is 11.2 Å². The number of ether oxygens (including phenoxy) is 1. The Morgan fingerprint density at radius 3 is 2.09 bits per heavy atom. The number of nitrogens with zero attached hydrogens (tertiary/aromatic N) is 4. The molecule has 1 amide bonds. The fraction of sp³-hybridized carbons (Fsp3) is 0.500. The van der Waals surface area contributed by atoms with Crippen molar-refractivity contribution in [2.45, 2.75) is 93.5 Å². The Hall–Kier alpha value is -4.48. The van der Waals surface area contributed by atoms with E-state index in [4.69, 9.17) is 25.4 Å². The smallest absolute Gasteiger partial charge is 0.438 e. The SMILES string of the molecule is CCOP(=O)(CN1CCN(CCC(CSc2ccccc2)Nc2ccc(S(=O)(=O)NC(=O)c3ccc(N4CCN(CC5=C(c6ccc(Cl)cc6)CCC(C)(C)C5)CC4)cc3)cc2S(=O)(=O)C(F)(F)F)CC1)OCOC(=O)C(C)(C)C. The van der Waals surface area contributed by atoms with Crippen LogP contribution in [0.5, 0.6) is 0 Å². The Morgan fingerprint density at radius 1 is 0.825 bits per heavy atom. The maximum absolute atomic E-state index is 14.4. The van der Waals surface area contributed by atoms with Crippen molar-refractivity contribution in [1.82, 2.24) is 19.4 Å². The van der Waals surface area contributed by atoms with Crippen molar-refractivity contribution >= 4 is 79.6 Å². The molecule has 0 bridgehead atoms. The molecule has 2 saturated heterocycles. The van der Waals surface area contributed by atoms with Crippen LogP contribution in [0.3, 0.4) is 0 Å². The molecule has 2 fully saturated rings. The summed E-state index contributed by atoms with van der Waals surface area (Å²) in [5, 5.41) is 3.70. The van der Waals surface area contributed by atoms with Crippen LogP contribution in [0, 0.1) is 10.8 Å². The molecular formula is C56H73ClF3N6O10PS3. The van der Waals surface area contributed by atoms with Gasteiger partial charge in [0.05, 0.1) is 22.6 Å². The van der Waals surface area contributed by atoms with Gasteiger partial charge in [0.2, 0.25) is 6.79 Å². The van der Waals surface area contributed by atoms with Gasteiger partial charge in [-0.2, -0.15) is 13.2 Å². The van der Waals surface area contributed by atoms with E-state index in [9.17, 15) is 44.2 Å². The highest BCUT2D eigenvalue weighted by Crippen LogP contribution is 2.49. The average Bonchev–Trinajstić information content (AvgIpc) is 3.40. The first-order valence-corrected chi connectivity index (χ1v) is 32.7. The first-order valence-electron chi connectivity index (χ1n) is 26.6. The molecule has 80 heavy (non-hydrogen) atoms. The molecule has 2 N–H and O–H groups in total. The van der Waals surface area contributed by atoms with E-state index in [0.717, 1.165) is 61.6 Å². The van der Waals surface area contributed by atoms with E-state index in [1.165, 1.54) is 40.6 Å². The van der Waals surface area contributed by atoms with Crippen molar-refractivity contribution in [3.63, 3.8) is 0 Å². The summed E-state index contributed by atoms with van der Waals surface area (Å²) in [6, 6.07) is 25.3. The van der Waals surface area contributed by atoms with Crippen molar-refractivity contribution in [3.05, 3.63) is 119 Å². The summed E-state index contributed by atoms with van der Waals surface area (Å²) in [4.78, 5) is 33.0. The highest BCUT2D eigenvalue weighted by Gasteiger charge is 2.49. The lowest BCUT2D eigenvalue weighted by Crippen LogP contribution is -2.47. The lowest BCUT2D eigenvalue weighted by molar-refractivity contribution is -0.160. The molecule has 7 rings (SSSR count). The molecular weight excluding hydrogens is 1140 g/mol. The summed E-state index contributed by atoms with van der Waals surface area (Å²) >= 11 is 7.60. The standard InChI is InChI=1S/C56H73ClF3N6O10PS3/c1-7-75-77(69,76-40-74-53(68)54(2,3)4)39-65-29-27-63(28-30-65)26-24-45(38-78-47-11-9-8-10-12-47)61-50-22-21-48(35-51(50)79(70,71)56(58,59)60)80(72,73)62-52(67)42-15-19-46(20-16-42)66-33-31-64(32-34-66)37-43-36-55(5,6)25-23-49(43)41-13-17-44(57)18-14-41/h8-22,35,45,61H,7,23-34,36-40H2,1-6H3,(H,62,67). The number of sulfone groups is 1. The van der Waals surface area contributed by atoms with Gasteiger partial charge in [-0.1, -0.05) is 61.4 Å². The number of nitrogens with one attached hydrogen (secondary N) is 2. The number of carbonyl (C=O) groups excluding carboxylic acids is 2. The van der Waals surface area contributed by atoms with Gasteiger partial charge in [-0.05, 0) is 137 Å². The Bertz CT molecular complexity index is 3080. The van der Waals surface area contributed by atoms with Crippen LogP contribution in [0.2, 0.25) is 5.02 Å². The van der Waals surface area contributed by atoms with Gasteiger partial charge in [-0.25, -0.2) is 21.6 Å². The molecule has 2 unspecified atom stereocenters. The molecule has 4 aromatic rings. The molecule has 16 nitrogen and oxygen atoms in total. The lowest BCUT2D eigenvalue weighted by atomic mass is 9.73. The average molecular weight is 1210 g/mol. The van der Waals surface area contributed by atoms with Crippen LogP contribution in [0.1, 0.15) is 83.1 Å². The molecule has 24 heteroatoms. The van der Waals surface area contributed by atoms with Crippen LogP contribution in [0.15, 0.2) is 117 Å². The van der Waals surface area contributed by atoms with Crippen molar-refractivity contribution in [1.29, 1.82) is 0 Å². The van der Waals surface area contributed by atoms with Gasteiger partial charge in [-0.15, -0.1) is 11.8 Å². The zero-order valence-electron chi connectivity index (χ0n) is 46.1. The fourth-order valence-corrected chi connectivity index (χ4v) is 14.5. The predicted octanol–water partition coefficient (Wildman–Crippen LogP) is 10.9. The summed E-state index contributed by atoms with van der Waals surface area (Å²) in [5.74, 6) is -1.30. The van der Waals surface area contributed by atoms with Crippen LogP contribution in [0.25, 0.3) is 5.57 Å². The second kappa shape index (κ2) is 26.8. The number of allylic oxidation sites excluding steroid dienone is 1. The van der Waals surface area contributed by atoms with Gasteiger partial charge < -0.3 is 24.4 Å². The highest BCUT2D eigenvalue weighted by molar-refractivity contribution is 7.99. The zero-order chi connectivity index (χ0) is 58.1. The molecule has 2 heterocycles. The van der Waals surface area contributed by atoms with Crippen LogP contribution in [-0.4, -0.2) is 146 Å². The van der Waals surface area contributed by atoms with E-state index in [-0.39, 0.29) is 29.6 Å².